The number of nitrogens with one attached hydrogen (secondary N) is 1. The van der Waals surface area contributed by atoms with Crippen molar-refractivity contribution in [2.24, 2.45) is 11.3 Å². The molecule has 3 nitrogen and oxygen atoms in total. The van der Waals surface area contributed by atoms with Gasteiger partial charge in [0, 0.05) is 16.2 Å². The number of halogens is 3. The predicted octanol–water partition coefficient (Wildman–Crippen LogP) is 6.04. The monoisotopic (exact) mass is 389 g/mol. The van der Waals surface area contributed by atoms with Crippen molar-refractivity contribution in [3.8, 4) is 0 Å². The van der Waals surface area contributed by atoms with Crippen LogP contribution >= 0.6 is 11.8 Å². The van der Waals surface area contributed by atoms with Gasteiger partial charge in [-0.3, -0.25) is 0 Å². The topological polar surface area (TPSA) is 49.3 Å². The molecule has 2 rings (SSSR count). The van der Waals surface area contributed by atoms with E-state index in [-0.39, 0.29) is 22.6 Å². The maximum atomic E-state index is 12.8. The highest BCUT2D eigenvalue weighted by atomic mass is 32.2. The number of carbonyl (C=O) groups is 1. The smallest absolute Gasteiger partial charge is 0.416 e. The Bertz CT molecular complexity index is 620. The van der Waals surface area contributed by atoms with Gasteiger partial charge in [0.1, 0.15) is 0 Å². The average molecular weight is 389 g/mol. The highest BCUT2D eigenvalue weighted by Crippen LogP contribution is 2.41. The van der Waals surface area contributed by atoms with Crippen LogP contribution in [-0.4, -0.2) is 22.5 Å². The van der Waals surface area contributed by atoms with Gasteiger partial charge >= 0.3 is 12.3 Å². The molecule has 1 fully saturated rings. The summed E-state index contributed by atoms with van der Waals surface area (Å²) in [6, 6.07) is 5.34. The highest BCUT2D eigenvalue weighted by molar-refractivity contribution is 8.00. The fraction of sp³-hybridized carbons (Fsp3) is 0.632. The number of carboxylic acid groups (broad SMARTS) is 1. The molecule has 1 atom stereocenters. The summed E-state index contributed by atoms with van der Waals surface area (Å²) in [6.07, 6.45) is -1.84. The third kappa shape index (κ3) is 5.83. The molecule has 1 aliphatic rings. The molecule has 0 aromatic heterocycles. The van der Waals surface area contributed by atoms with E-state index in [0.717, 1.165) is 31.7 Å². The largest absolute Gasteiger partial charge is 0.465 e. The van der Waals surface area contributed by atoms with Crippen LogP contribution in [0.25, 0.3) is 0 Å². The van der Waals surface area contributed by atoms with Gasteiger partial charge in [-0.25, -0.2) is 4.79 Å². The molecule has 26 heavy (non-hydrogen) atoms. The molecule has 1 aliphatic carbocycles. The molecule has 1 unspecified atom stereocenters. The summed E-state index contributed by atoms with van der Waals surface area (Å²) < 4.78 is 38.5. The van der Waals surface area contributed by atoms with Crippen LogP contribution in [0.4, 0.5) is 18.0 Å². The SMILES string of the molecule is CC(C)(C)C(NC(=O)O)C1CCC(Sc2cccc(C(F)(F)F)c2)CC1. The third-order valence-corrected chi connectivity index (χ3v) is 6.20. The van der Waals surface area contributed by atoms with Crippen molar-refractivity contribution < 1.29 is 23.1 Å². The average Bonchev–Trinajstić information content (AvgIpc) is 2.52. The van der Waals surface area contributed by atoms with E-state index in [1.165, 1.54) is 23.9 Å². The lowest BCUT2D eigenvalue weighted by Crippen LogP contribution is -2.49. The Kier molecular flexibility index (Phi) is 6.53. The molecular formula is C19H26F3NO2S. The minimum atomic E-state index is -4.32. The van der Waals surface area contributed by atoms with Crippen LogP contribution in [-0.2, 0) is 6.18 Å². The molecular weight excluding hydrogens is 363 g/mol. The summed E-state index contributed by atoms with van der Waals surface area (Å²) in [7, 11) is 0. The number of hydrogen-bond acceptors (Lipinski definition) is 2. The fourth-order valence-electron chi connectivity index (χ4n) is 3.65. The minimum absolute atomic E-state index is 0.125. The summed E-state index contributed by atoms with van der Waals surface area (Å²) in [5, 5.41) is 12.0. The van der Waals surface area contributed by atoms with Crippen LogP contribution in [0.2, 0.25) is 0 Å². The number of hydrogen-bond donors (Lipinski definition) is 2. The molecule has 1 saturated carbocycles. The number of alkyl halides is 3. The number of thioether (sulfide) groups is 1. The van der Waals surface area contributed by atoms with Crippen LogP contribution in [0, 0.1) is 11.3 Å². The normalized spacial score (nSPS) is 22.7. The molecule has 146 valence electrons. The van der Waals surface area contributed by atoms with Gasteiger partial charge in [0.2, 0.25) is 0 Å². The second-order valence-electron chi connectivity index (χ2n) is 7.97. The number of rotatable bonds is 4. The van der Waals surface area contributed by atoms with Crippen molar-refractivity contribution in [3.63, 3.8) is 0 Å². The molecule has 0 radical (unpaired) electrons. The molecule has 2 N–H and O–H groups in total. The van der Waals surface area contributed by atoms with Crippen LogP contribution in [0.1, 0.15) is 52.0 Å². The maximum Gasteiger partial charge on any atom is 0.416 e. The van der Waals surface area contributed by atoms with Crippen molar-refractivity contribution in [3.05, 3.63) is 29.8 Å². The Morgan fingerprint density at radius 3 is 2.31 bits per heavy atom. The Morgan fingerprint density at radius 2 is 1.81 bits per heavy atom. The molecule has 1 amide bonds. The molecule has 0 spiro atoms. The van der Waals surface area contributed by atoms with Crippen LogP contribution < -0.4 is 5.32 Å². The summed E-state index contributed by atoms with van der Waals surface area (Å²) in [4.78, 5) is 11.7. The van der Waals surface area contributed by atoms with Gasteiger partial charge in [-0.05, 0) is 55.2 Å². The maximum absolute atomic E-state index is 12.8. The van der Waals surface area contributed by atoms with Crippen molar-refractivity contribution in [2.75, 3.05) is 0 Å². The first-order chi connectivity index (χ1) is 12.0. The Hall–Kier alpha value is -1.37. The van der Waals surface area contributed by atoms with E-state index in [0.29, 0.717) is 4.90 Å². The van der Waals surface area contributed by atoms with Gasteiger partial charge in [-0.1, -0.05) is 26.8 Å². The van der Waals surface area contributed by atoms with E-state index in [1.54, 1.807) is 6.07 Å². The van der Waals surface area contributed by atoms with E-state index in [4.69, 9.17) is 5.11 Å². The standard InChI is InChI=1S/C19H26F3NO2S/c1-18(2,3)16(23-17(24)25)12-7-9-14(10-8-12)26-15-6-4-5-13(11-15)19(20,21)22/h4-6,11-12,14,16,23H,7-10H2,1-3H3,(H,24,25). The van der Waals surface area contributed by atoms with Gasteiger partial charge in [0.05, 0.1) is 5.56 Å². The first-order valence-electron chi connectivity index (χ1n) is 8.80. The summed E-state index contributed by atoms with van der Waals surface area (Å²) in [5.41, 5.74) is -0.793. The van der Waals surface area contributed by atoms with E-state index in [9.17, 15) is 18.0 Å². The zero-order valence-electron chi connectivity index (χ0n) is 15.3. The Balaban J connectivity index is 1.97. The second-order valence-corrected chi connectivity index (χ2v) is 9.35. The van der Waals surface area contributed by atoms with Gasteiger partial charge in [0.25, 0.3) is 0 Å². The van der Waals surface area contributed by atoms with E-state index in [2.05, 4.69) is 5.32 Å². The van der Waals surface area contributed by atoms with Crippen molar-refractivity contribution in [1.82, 2.24) is 5.32 Å². The minimum Gasteiger partial charge on any atom is -0.465 e. The van der Waals surface area contributed by atoms with Gasteiger partial charge in [-0.2, -0.15) is 13.2 Å². The quantitative estimate of drug-likeness (QED) is 0.660. The fourth-order valence-corrected chi connectivity index (χ4v) is 4.90. The summed E-state index contributed by atoms with van der Waals surface area (Å²) >= 11 is 1.49. The lowest BCUT2D eigenvalue weighted by Gasteiger charge is -2.40. The summed E-state index contributed by atoms with van der Waals surface area (Å²) in [6.45, 7) is 6.07. The van der Waals surface area contributed by atoms with E-state index < -0.39 is 17.8 Å². The first kappa shape index (κ1) is 20.9. The van der Waals surface area contributed by atoms with Gasteiger partial charge in [-0.15, -0.1) is 11.8 Å². The van der Waals surface area contributed by atoms with Crippen LogP contribution in [0.5, 0.6) is 0 Å². The Morgan fingerprint density at radius 1 is 1.19 bits per heavy atom. The van der Waals surface area contributed by atoms with E-state index in [1.807, 2.05) is 20.8 Å². The molecule has 7 heteroatoms. The van der Waals surface area contributed by atoms with Crippen molar-refractivity contribution in [2.45, 2.75) is 68.8 Å². The summed E-state index contributed by atoms with van der Waals surface area (Å²) in [5.74, 6) is 0.254. The molecule has 0 bridgehead atoms. The Labute approximate surface area is 156 Å². The lowest BCUT2D eigenvalue weighted by molar-refractivity contribution is -0.137. The van der Waals surface area contributed by atoms with Gasteiger partial charge in [0.15, 0.2) is 0 Å². The molecule has 0 heterocycles. The third-order valence-electron chi connectivity index (χ3n) is 4.87. The van der Waals surface area contributed by atoms with Crippen molar-refractivity contribution >= 4 is 17.9 Å². The molecule has 0 saturated heterocycles. The molecule has 1 aromatic carbocycles. The lowest BCUT2D eigenvalue weighted by atomic mass is 9.73. The number of amides is 1. The van der Waals surface area contributed by atoms with E-state index >= 15 is 0 Å². The molecule has 1 aromatic rings. The van der Waals surface area contributed by atoms with Crippen LogP contribution in [0.15, 0.2) is 29.2 Å². The second kappa shape index (κ2) is 8.11. The van der Waals surface area contributed by atoms with Crippen LogP contribution in [0.3, 0.4) is 0 Å². The first-order valence-corrected chi connectivity index (χ1v) is 9.68. The predicted molar refractivity (Wildman–Crippen MR) is 97.5 cm³/mol. The number of benzene rings is 1. The zero-order valence-corrected chi connectivity index (χ0v) is 16.1. The highest BCUT2D eigenvalue weighted by Gasteiger charge is 2.36. The van der Waals surface area contributed by atoms with Gasteiger partial charge < -0.3 is 10.4 Å². The molecule has 0 aliphatic heterocycles. The zero-order chi connectivity index (χ0) is 19.5. The van der Waals surface area contributed by atoms with Crippen molar-refractivity contribution in [1.29, 1.82) is 0 Å².